The molecule has 3 rings (SSSR count). The monoisotopic (exact) mass is 440 g/mol. The molecule has 0 saturated carbocycles. The van der Waals surface area contributed by atoms with Crippen LogP contribution in [-0.4, -0.2) is 14.3 Å². The van der Waals surface area contributed by atoms with E-state index in [0.29, 0.717) is 16.4 Å². The summed E-state index contributed by atoms with van der Waals surface area (Å²) in [5, 5.41) is 5.12. The highest BCUT2D eigenvalue weighted by atomic mass is 35.5. The molecule has 3 aromatic rings. The third kappa shape index (κ3) is 5.23. The van der Waals surface area contributed by atoms with Crippen molar-refractivity contribution in [1.82, 2.24) is 0 Å². The summed E-state index contributed by atoms with van der Waals surface area (Å²) in [5.41, 5.74) is 0.694. The molecule has 0 spiro atoms. The van der Waals surface area contributed by atoms with Crippen LogP contribution in [0.15, 0.2) is 64.9 Å². The number of hydrogen-bond acceptors (Lipinski definition) is 4. The highest BCUT2D eigenvalue weighted by Gasteiger charge is 2.19. The smallest absolute Gasteiger partial charge is 0.263 e. The number of carbonyl (C=O) groups is 1. The molecule has 0 atom stereocenters. The largest absolute Gasteiger partial charge is 0.326 e. The molecular weight excluding hydrogens is 427 g/mol. The SMILES string of the molecule is O=C(Cc1cccs1)Nc1ccc(Cl)c(S(=O)(=O)Nc2ccc(Cl)cc2)c1. The van der Waals surface area contributed by atoms with Crippen molar-refractivity contribution >= 4 is 61.8 Å². The highest BCUT2D eigenvalue weighted by Crippen LogP contribution is 2.27. The van der Waals surface area contributed by atoms with Crippen molar-refractivity contribution in [3.63, 3.8) is 0 Å². The van der Waals surface area contributed by atoms with E-state index in [1.165, 1.54) is 23.5 Å². The van der Waals surface area contributed by atoms with Gasteiger partial charge in [-0.25, -0.2) is 8.42 Å². The summed E-state index contributed by atoms with van der Waals surface area (Å²) >= 11 is 13.4. The number of benzene rings is 2. The van der Waals surface area contributed by atoms with Gasteiger partial charge in [-0.2, -0.15) is 0 Å². The van der Waals surface area contributed by atoms with E-state index in [9.17, 15) is 13.2 Å². The van der Waals surface area contributed by atoms with Crippen LogP contribution in [0.1, 0.15) is 4.88 Å². The Morgan fingerprint density at radius 3 is 2.37 bits per heavy atom. The molecule has 1 amide bonds. The van der Waals surface area contributed by atoms with Gasteiger partial charge in [-0.15, -0.1) is 11.3 Å². The maximum Gasteiger partial charge on any atom is 0.263 e. The van der Waals surface area contributed by atoms with Gasteiger partial charge in [0.1, 0.15) is 4.90 Å². The third-order valence-electron chi connectivity index (χ3n) is 3.52. The lowest BCUT2D eigenvalue weighted by Gasteiger charge is -2.12. The second-order valence-electron chi connectivity index (χ2n) is 5.56. The molecule has 27 heavy (non-hydrogen) atoms. The lowest BCUT2D eigenvalue weighted by atomic mass is 10.3. The van der Waals surface area contributed by atoms with Crippen LogP contribution in [0.5, 0.6) is 0 Å². The summed E-state index contributed by atoms with van der Waals surface area (Å²) in [6.07, 6.45) is 0.214. The second-order valence-corrected chi connectivity index (χ2v) is 9.09. The minimum absolute atomic E-state index is 0.0488. The van der Waals surface area contributed by atoms with Gasteiger partial charge in [0.25, 0.3) is 10.0 Å². The van der Waals surface area contributed by atoms with Gasteiger partial charge in [0.05, 0.1) is 11.4 Å². The fraction of sp³-hybridized carbons (Fsp3) is 0.0556. The summed E-state index contributed by atoms with van der Waals surface area (Å²) in [6, 6.07) is 14.3. The lowest BCUT2D eigenvalue weighted by molar-refractivity contribution is -0.115. The van der Waals surface area contributed by atoms with Crippen LogP contribution in [0.4, 0.5) is 11.4 Å². The summed E-state index contributed by atoms with van der Waals surface area (Å²) in [7, 11) is -3.94. The predicted octanol–water partition coefficient (Wildman–Crippen LogP) is 5.04. The van der Waals surface area contributed by atoms with Gasteiger partial charge in [-0.05, 0) is 53.9 Å². The van der Waals surface area contributed by atoms with Gasteiger partial charge in [0, 0.05) is 21.3 Å². The van der Waals surface area contributed by atoms with Gasteiger partial charge in [0.2, 0.25) is 5.91 Å². The van der Waals surface area contributed by atoms with E-state index >= 15 is 0 Å². The van der Waals surface area contributed by atoms with Crippen LogP contribution in [0.25, 0.3) is 0 Å². The summed E-state index contributed by atoms with van der Waals surface area (Å²) in [6.45, 7) is 0. The Hall–Kier alpha value is -2.06. The van der Waals surface area contributed by atoms with E-state index < -0.39 is 10.0 Å². The number of nitrogens with one attached hydrogen (secondary N) is 2. The molecule has 1 aromatic heterocycles. The summed E-state index contributed by atoms with van der Waals surface area (Å²) in [5.74, 6) is -0.242. The number of halogens is 2. The minimum Gasteiger partial charge on any atom is -0.326 e. The zero-order chi connectivity index (χ0) is 19.4. The molecule has 2 N–H and O–H groups in total. The summed E-state index contributed by atoms with van der Waals surface area (Å²) in [4.78, 5) is 12.9. The molecule has 0 fully saturated rings. The Balaban J connectivity index is 1.79. The van der Waals surface area contributed by atoms with E-state index in [-0.39, 0.29) is 22.2 Å². The first-order valence-electron chi connectivity index (χ1n) is 7.74. The molecule has 0 unspecified atom stereocenters. The average Bonchev–Trinajstić information content (AvgIpc) is 3.11. The van der Waals surface area contributed by atoms with Gasteiger partial charge in [0.15, 0.2) is 0 Å². The number of amides is 1. The molecular formula is C18H14Cl2N2O3S2. The van der Waals surface area contributed by atoms with Crippen LogP contribution in [0.3, 0.4) is 0 Å². The van der Waals surface area contributed by atoms with E-state index in [1.54, 1.807) is 30.3 Å². The lowest BCUT2D eigenvalue weighted by Crippen LogP contribution is -2.16. The second kappa shape index (κ2) is 8.31. The van der Waals surface area contributed by atoms with Crippen molar-refractivity contribution in [2.24, 2.45) is 0 Å². The van der Waals surface area contributed by atoms with Gasteiger partial charge >= 0.3 is 0 Å². The Morgan fingerprint density at radius 2 is 1.70 bits per heavy atom. The maximum absolute atomic E-state index is 12.7. The van der Waals surface area contributed by atoms with Gasteiger partial charge in [-0.1, -0.05) is 29.3 Å². The molecule has 1 heterocycles. The predicted molar refractivity (Wildman–Crippen MR) is 110 cm³/mol. The summed E-state index contributed by atoms with van der Waals surface area (Å²) < 4.78 is 27.8. The van der Waals surface area contributed by atoms with E-state index in [2.05, 4.69) is 10.0 Å². The van der Waals surface area contributed by atoms with Gasteiger partial charge in [-0.3, -0.25) is 9.52 Å². The first-order valence-corrected chi connectivity index (χ1v) is 10.9. The van der Waals surface area contributed by atoms with Crippen LogP contribution >= 0.6 is 34.5 Å². The number of sulfonamides is 1. The Bertz CT molecular complexity index is 1050. The maximum atomic E-state index is 12.7. The van der Waals surface area contributed by atoms with Crippen molar-refractivity contribution in [1.29, 1.82) is 0 Å². The Kier molecular flexibility index (Phi) is 6.06. The first-order chi connectivity index (χ1) is 12.8. The highest BCUT2D eigenvalue weighted by molar-refractivity contribution is 7.92. The quantitative estimate of drug-likeness (QED) is 0.563. The van der Waals surface area contributed by atoms with Crippen molar-refractivity contribution in [3.05, 3.63) is 74.9 Å². The topological polar surface area (TPSA) is 75.3 Å². The molecule has 0 radical (unpaired) electrons. The van der Waals surface area contributed by atoms with Crippen molar-refractivity contribution in [3.8, 4) is 0 Å². The minimum atomic E-state index is -3.94. The molecule has 140 valence electrons. The van der Waals surface area contributed by atoms with Crippen LogP contribution in [-0.2, 0) is 21.2 Å². The molecule has 0 bridgehead atoms. The average molecular weight is 441 g/mol. The molecule has 2 aromatic carbocycles. The van der Waals surface area contributed by atoms with Crippen molar-refractivity contribution in [2.45, 2.75) is 11.3 Å². The molecule has 5 nitrogen and oxygen atoms in total. The van der Waals surface area contributed by atoms with E-state index in [0.717, 1.165) is 4.88 Å². The fourth-order valence-electron chi connectivity index (χ4n) is 2.29. The fourth-order valence-corrected chi connectivity index (χ4v) is 4.71. The standard InChI is InChI=1S/C18H14Cl2N2O3S2/c19-12-3-5-13(6-4-12)22-27(24,25)17-10-14(7-8-16(17)20)21-18(23)11-15-2-1-9-26-15/h1-10,22H,11H2,(H,21,23). The Morgan fingerprint density at radius 1 is 1.00 bits per heavy atom. The number of anilines is 2. The molecule has 9 heteroatoms. The normalized spacial score (nSPS) is 11.2. The van der Waals surface area contributed by atoms with Crippen LogP contribution < -0.4 is 10.0 Å². The number of thiophene rings is 1. The molecule has 0 aliphatic heterocycles. The van der Waals surface area contributed by atoms with Crippen molar-refractivity contribution < 1.29 is 13.2 Å². The zero-order valence-electron chi connectivity index (χ0n) is 13.8. The van der Waals surface area contributed by atoms with Crippen LogP contribution in [0, 0.1) is 0 Å². The molecule has 0 saturated heterocycles. The van der Waals surface area contributed by atoms with Crippen LogP contribution in [0.2, 0.25) is 10.0 Å². The number of carbonyl (C=O) groups excluding carboxylic acids is 1. The first kappa shape index (κ1) is 19.7. The van der Waals surface area contributed by atoms with Crippen molar-refractivity contribution in [2.75, 3.05) is 10.0 Å². The molecule has 0 aliphatic rings. The van der Waals surface area contributed by atoms with E-state index in [1.807, 2.05) is 17.5 Å². The van der Waals surface area contributed by atoms with Gasteiger partial charge < -0.3 is 5.32 Å². The Labute approximate surface area is 171 Å². The van der Waals surface area contributed by atoms with E-state index in [4.69, 9.17) is 23.2 Å². The third-order valence-corrected chi connectivity index (χ3v) is 6.51. The zero-order valence-corrected chi connectivity index (χ0v) is 16.9. The molecule has 0 aliphatic carbocycles. The number of hydrogen-bond donors (Lipinski definition) is 2. The number of rotatable bonds is 6.